The molecule has 0 atom stereocenters. The normalized spacial score (nSPS) is 13.6. The second-order valence-electron chi connectivity index (χ2n) is 8.40. The minimum Gasteiger partial charge on any atom is -0.437 e. The van der Waals surface area contributed by atoms with Gasteiger partial charge in [-0.2, -0.15) is 5.10 Å². The van der Waals surface area contributed by atoms with Gasteiger partial charge in [-0.15, -0.1) is 5.10 Å². The number of rotatable bonds is 5. The summed E-state index contributed by atoms with van der Waals surface area (Å²) in [6.45, 7) is 4.10. The number of benzene rings is 3. The molecule has 5 aromatic rings. The fourth-order valence-electron chi connectivity index (χ4n) is 4.05. The van der Waals surface area contributed by atoms with Crippen molar-refractivity contribution in [1.82, 2.24) is 15.4 Å². The maximum atomic E-state index is 6.10. The first-order chi connectivity index (χ1) is 15.7. The lowest BCUT2D eigenvalue weighted by atomic mass is 9.96. The minimum atomic E-state index is 0.494. The molecular formula is C26H22N4O2. The predicted octanol–water partition coefficient (Wildman–Crippen LogP) is 6.42. The third-order valence-electron chi connectivity index (χ3n) is 5.98. The van der Waals surface area contributed by atoms with Crippen molar-refractivity contribution in [3.05, 3.63) is 71.9 Å². The first kappa shape index (κ1) is 18.8. The van der Waals surface area contributed by atoms with E-state index in [4.69, 9.17) is 9.26 Å². The smallest absolute Gasteiger partial charge is 0.246 e. The van der Waals surface area contributed by atoms with Crippen molar-refractivity contribution in [2.75, 3.05) is 5.32 Å². The van der Waals surface area contributed by atoms with E-state index in [2.05, 4.69) is 51.9 Å². The number of aromatic nitrogens is 3. The van der Waals surface area contributed by atoms with Gasteiger partial charge in [-0.05, 0) is 67.6 Å². The van der Waals surface area contributed by atoms with Crippen LogP contribution in [0.2, 0.25) is 0 Å². The molecule has 0 bridgehead atoms. The second kappa shape index (κ2) is 7.34. The Hall–Kier alpha value is -3.93. The predicted molar refractivity (Wildman–Crippen MR) is 125 cm³/mol. The molecular weight excluding hydrogens is 400 g/mol. The Labute approximate surface area is 185 Å². The Balaban J connectivity index is 1.44. The van der Waals surface area contributed by atoms with Crippen LogP contribution in [0.3, 0.4) is 0 Å². The van der Waals surface area contributed by atoms with E-state index in [1.54, 1.807) is 6.20 Å². The molecule has 1 aliphatic carbocycles. The first-order valence-electron chi connectivity index (χ1n) is 10.8. The summed E-state index contributed by atoms with van der Waals surface area (Å²) >= 11 is 0. The molecule has 0 unspecified atom stereocenters. The maximum Gasteiger partial charge on any atom is 0.246 e. The molecule has 6 rings (SSSR count). The SMILES string of the molecule is Cc1ccccc1Oc1nncc2cc(-c3c(C)ccc4c(NC5CC5)noc34)ccc12. The highest BCUT2D eigenvalue weighted by molar-refractivity contribution is 6.01. The number of hydrogen-bond acceptors (Lipinski definition) is 6. The number of nitrogens with one attached hydrogen (secondary N) is 1. The number of para-hydroxylation sites is 1. The molecule has 32 heavy (non-hydrogen) atoms. The van der Waals surface area contributed by atoms with Crippen molar-refractivity contribution in [2.45, 2.75) is 32.7 Å². The second-order valence-corrected chi connectivity index (χ2v) is 8.40. The lowest BCUT2D eigenvalue weighted by Crippen LogP contribution is -2.00. The van der Waals surface area contributed by atoms with Gasteiger partial charge in [-0.1, -0.05) is 35.5 Å². The van der Waals surface area contributed by atoms with E-state index in [-0.39, 0.29) is 0 Å². The molecule has 6 heteroatoms. The number of ether oxygens (including phenoxy) is 1. The van der Waals surface area contributed by atoms with Gasteiger partial charge in [0.25, 0.3) is 0 Å². The largest absolute Gasteiger partial charge is 0.437 e. The number of anilines is 1. The van der Waals surface area contributed by atoms with Crippen LogP contribution in [-0.4, -0.2) is 21.4 Å². The number of nitrogens with zero attached hydrogens (tertiary/aromatic N) is 3. The molecule has 0 amide bonds. The van der Waals surface area contributed by atoms with Gasteiger partial charge in [0.1, 0.15) is 5.75 Å². The molecule has 0 aliphatic heterocycles. The maximum absolute atomic E-state index is 6.10. The molecule has 1 aliphatic rings. The molecule has 1 N–H and O–H groups in total. The molecule has 0 radical (unpaired) electrons. The zero-order chi connectivity index (χ0) is 21.7. The van der Waals surface area contributed by atoms with Crippen LogP contribution in [0.15, 0.2) is 65.3 Å². The van der Waals surface area contributed by atoms with Crippen LogP contribution < -0.4 is 10.1 Å². The van der Waals surface area contributed by atoms with Crippen LogP contribution in [0, 0.1) is 13.8 Å². The molecule has 2 aromatic heterocycles. The van der Waals surface area contributed by atoms with E-state index in [0.29, 0.717) is 11.9 Å². The van der Waals surface area contributed by atoms with Crippen molar-refractivity contribution >= 4 is 27.6 Å². The van der Waals surface area contributed by atoms with Crippen LogP contribution in [0.4, 0.5) is 5.82 Å². The fourth-order valence-corrected chi connectivity index (χ4v) is 4.05. The fraction of sp³-hybridized carbons (Fsp3) is 0.192. The summed E-state index contributed by atoms with van der Waals surface area (Å²) in [5.74, 6) is 2.09. The molecule has 158 valence electrons. The molecule has 2 heterocycles. The van der Waals surface area contributed by atoms with Gasteiger partial charge in [-0.3, -0.25) is 0 Å². The number of hydrogen-bond donors (Lipinski definition) is 1. The van der Waals surface area contributed by atoms with Crippen molar-refractivity contribution in [2.24, 2.45) is 0 Å². The average Bonchev–Trinajstić information content (AvgIpc) is 3.53. The first-order valence-corrected chi connectivity index (χ1v) is 10.8. The van der Waals surface area contributed by atoms with Crippen LogP contribution in [0.25, 0.3) is 32.9 Å². The molecule has 6 nitrogen and oxygen atoms in total. The van der Waals surface area contributed by atoms with E-state index in [1.807, 2.05) is 37.3 Å². The van der Waals surface area contributed by atoms with Gasteiger partial charge in [0.05, 0.1) is 11.6 Å². The molecule has 0 spiro atoms. The lowest BCUT2D eigenvalue weighted by molar-refractivity contribution is 0.458. The quantitative estimate of drug-likeness (QED) is 0.352. The van der Waals surface area contributed by atoms with Gasteiger partial charge in [-0.25, -0.2) is 0 Å². The van der Waals surface area contributed by atoms with Crippen molar-refractivity contribution in [3.63, 3.8) is 0 Å². The summed E-state index contributed by atoms with van der Waals surface area (Å²) in [5.41, 5.74) is 5.06. The monoisotopic (exact) mass is 422 g/mol. The molecule has 1 saturated carbocycles. The lowest BCUT2D eigenvalue weighted by Gasteiger charge is -2.11. The van der Waals surface area contributed by atoms with E-state index < -0.39 is 0 Å². The Morgan fingerprint density at radius 1 is 0.969 bits per heavy atom. The van der Waals surface area contributed by atoms with Gasteiger partial charge < -0.3 is 14.6 Å². The van der Waals surface area contributed by atoms with E-state index in [1.165, 1.54) is 12.8 Å². The van der Waals surface area contributed by atoms with Gasteiger partial charge in [0.15, 0.2) is 11.4 Å². The summed E-state index contributed by atoms with van der Waals surface area (Å²) in [6, 6.07) is 18.8. The Kier molecular flexibility index (Phi) is 4.31. The number of fused-ring (bicyclic) bond motifs is 2. The molecule has 0 saturated heterocycles. The Morgan fingerprint density at radius 2 is 1.81 bits per heavy atom. The third-order valence-corrected chi connectivity index (χ3v) is 5.98. The van der Waals surface area contributed by atoms with Crippen molar-refractivity contribution in [3.8, 4) is 22.8 Å². The Morgan fingerprint density at radius 3 is 2.66 bits per heavy atom. The average molecular weight is 422 g/mol. The number of aryl methyl sites for hydroxylation is 2. The molecule has 3 aromatic carbocycles. The van der Waals surface area contributed by atoms with E-state index in [9.17, 15) is 0 Å². The highest BCUT2D eigenvalue weighted by Gasteiger charge is 2.24. The summed E-state index contributed by atoms with van der Waals surface area (Å²) in [4.78, 5) is 0. The van der Waals surface area contributed by atoms with Crippen LogP contribution >= 0.6 is 0 Å². The van der Waals surface area contributed by atoms with Gasteiger partial charge >= 0.3 is 0 Å². The summed E-state index contributed by atoms with van der Waals surface area (Å²) in [7, 11) is 0. The topological polar surface area (TPSA) is 73.1 Å². The van der Waals surface area contributed by atoms with Crippen molar-refractivity contribution < 1.29 is 9.26 Å². The van der Waals surface area contributed by atoms with Crippen molar-refractivity contribution in [1.29, 1.82) is 0 Å². The highest BCUT2D eigenvalue weighted by atomic mass is 16.5. The van der Waals surface area contributed by atoms with Crippen LogP contribution in [0.1, 0.15) is 24.0 Å². The summed E-state index contributed by atoms with van der Waals surface area (Å²) in [6.07, 6.45) is 4.14. The minimum absolute atomic E-state index is 0.494. The Bertz CT molecular complexity index is 1470. The van der Waals surface area contributed by atoms with Gasteiger partial charge in [0.2, 0.25) is 5.88 Å². The van der Waals surface area contributed by atoms with E-state index >= 15 is 0 Å². The zero-order valence-electron chi connectivity index (χ0n) is 17.9. The molecule has 1 fully saturated rings. The standard InChI is InChI=1S/C26H22N4O2/c1-15-5-3-4-6-22(15)31-26-20-12-8-17(13-18(20)14-27-29-26)23-16(2)7-11-21-24(23)32-30-25(21)28-19-9-10-19/h3-8,11-14,19H,9-10H2,1-2H3,(H,28,30). The van der Waals surface area contributed by atoms with Gasteiger partial charge in [0, 0.05) is 22.4 Å². The zero-order valence-corrected chi connectivity index (χ0v) is 17.9. The van der Waals surface area contributed by atoms with Crippen LogP contribution in [-0.2, 0) is 0 Å². The summed E-state index contributed by atoms with van der Waals surface area (Å²) < 4.78 is 11.9. The van der Waals surface area contributed by atoms with E-state index in [0.717, 1.165) is 55.6 Å². The highest BCUT2D eigenvalue weighted by Crippen LogP contribution is 2.38. The van der Waals surface area contributed by atoms with Crippen LogP contribution in [0.5, 0.6) is 11.6 Å². The summed E-state index contributed by atoms with van der Waals surface area (Å²) in [5, 5.41) is 19.1. The third kappa shape index (κ3) is 3.24.